The minimum absolute atomic E-state index is 0.106. The van der Waals surface area contributed by atoms with Gasteiger partial charge in [0.05, 0.1) is 0 Å². The monoisotopic (exact) mass is 496 g/mol. The molecule has 3 aromatic rings. The standard InChI is InChI=1S/C31H36N4O2/c1-32-27-12-6-5-11-25(27)22-28(32)30(37)34-16-13-31(14-17-34)23-26(31)29(36)35-20-18-33(19-21-35)15-7-10-24-8-3-2-4-9-24/h2-12,22,26H,13-21,23H2,1H3. The van der Waals surface area contributed by atoms with Crippen molar-refractivity contribution >= 4 is 28.8 Å². The van der Waals surface area contributed by atoms with Crippen molar-refractivity contribution in [2.45, 2.75) is 19.3 Å². The van der Waals surface area contributed by atoms with Crippen molar-refractivity contribution < 1.29 is 9.59 Å². The van der Waals surface area contributed by atoms with Gasteiger partial charge in [0.2, 0.25) is 5.91 Å². The Bertz CT molecular complexity index is 1310. The van der Waals surface area contributed by atoms with Crippen LogP contribution in [-0.2, 0) is 11.8 Å². The molecule has 3 fully saturated rings. The van der Waals surface area contributed by atoms with E-state index in [4.69, 9.17) is 0 Å². The number of piperazine rings is 1. The van der Waals surface area contributed by atoms with Gasteiger partial charge in [0.25, 0.3) is 5.91 Å². The summed E-state index contributed by atoms with van der Waals surface area (Å²) in [5.41, 5.74) is 3.17. The Hall–Kier alpha value is -3.38. The molecule has 1 spiro atoms. The second-order valence-electron chi connectivity index (χ2n) is 11.0. The molecule has 2 amide bonds. The predicted molar refractivity (Wildman–Crippen MR) is 147 cm³/mol. The molecule has 1 unspecified atom stereocenters. The summed E-state index contributed by atoms with van der Waals surface area (Å²) >= 11 is 0. The zero-order chi connectivity index (χ0) is 25.4. The van der Waals surface area contributed by atoms with Crippen LogP contribution in [0.15, 0.2) is 66.7 Å². The maximum atomic E-state index is 13.3. The average molecular weight is 497 g/mol. The van der Waals surface area contributed by atoms with Crippen LogP contribution in [0.2, 0.25) is 0 Å². The topological polar surface area (TPSA) is 48.8 Å². The van der Waals surface area contributed by atoms with Gasteiger partial charge in [-0.25, -0.2) is 0 Å². The van der Waals surface area contributed by atoms with Gasteiger partial charge in [0.1, 0.15) is 5.69 Å². The normalized spacial score (nSPS) is 21.7. The molecule has 1 atom stereocenters. The molecule has 2 aliphatic heterocycles. The van der Waals surface area contributed by atoms with Gasteiger partial charge in [-0.15, -0.1) is 0 Å². The molecule has 1 aliphatic carbocycles. The van der Waals surface area contributed by atoms with Crippen LogP contribution >= 0.6 is 0 Å². The van der Waals surface area contributed by atoms with E-state index in [1.54, 1.807) is 0 Å². The Labute approximate surface area is 219 Å². The molecular weight excluding hydrogens is 460 g/mol. The summed E-state index contributed by atoms with van der Waals surface area (Å²) in [7, 11) is 1.97. The summed E-state index contributed by atoms with van der Waals surface area (Å²) in [6, 6.07) is 20.5. The van der Waals surface area contributed by atoms with E-state index in [2.05, 4.69) is 58.4 Å². The van der Waals surface area contributed by atoms with Gasteiger partial charge in [0.15, 0.2) is 0 Å². The third-order valence-corrected chi connectivity index (χ3v) is 8.86. The molecule has 6 rings (SSSR count). The highest BCUT2D eigenvalue weighted by Gasteiger charge is 2.59. The highest BCUT2D eigenvalue weighted by molar-refractivity contribution is 5.98. The fraction of sp³-hybridized carbons (Fsp3) is 0.419. The van der Waals surface area contributed by atoms with E-state index in [0.717, 1.165) is 81.7 Å². The van der Waals surface area contributed by atoms with Crippen molar-refractivity contribution in [1.29, 1.82) is 0 Å². The molecule has 3 heterocycles. The highest BCUT2D eigenvalue weighted by atomic mass is 16.2. The van der Waals surface area contributed by atoms with Gasteiger partial charge >= 0.3 is 0 Å². The van der Waals surface area contributed by atoms with Crippen LogP contribution in [0.4, 0.5) is 0 Å². The number of rotatable bonds is 5. The van der Waals surface area contributed by atoms with Crippen molar-refractivity contribution in [3.8, 4) is 0 Å². The number of carbonyl (C=O) groups is 2. The molecule has 1 aromatic heterocycles. The molecule has 1 saturated carbocycles. The third kappa shape index (κ3) is 4.71. The van der Waals surface area contributed by atoms with Crippen molar-refractivity contribution in [2.24, 2.45) is 18.4 Å². The van der Waals surface area contributed by atoms with E-state index in [1.165, 1.54) is 5.56 Å². The SMILES string of the molecule is Cn1c(C(=O)N2CCC3(CC2)CC3C(=O)N2CCN(CC=Cc3ccccc3)CC2)cc2ccccc21. The number of hydrogen-bond acceptors (Lipinski definition) is 3. The fourth-order valence-corrected chi connectivity index (χ4v) is 6.33. The molecular formula is C31H36N4O2. The van der Waals surface area contributed by atoms with E-state index < -0.39 is 0 Å². The lowest BCUT2D eigenvalue weighted by molar-refractivity contribution is -0.135. The average Bonchev–Trinajstić information content (AvgIpc) is 3.53. The van der Waals surface area contributed by atoms with Crippen molar-refractivity contribution in [3.63, 3.8) is 0 Å². The Morgan fingerprint density at radius 3 is 2.32 bits per heavy atom. The number of fused-ring (bicyclic) bond motifs is 1. The van der Waals surface area contributed by atoms with Gasteiger partial charge in [0, 0.05) is 69.7 Å². The third-order valence-electron chi connectivity index (χ3n) is 8.86. The van der Waals surface area contributed by atoms with E-state index in [-0.39, 0.29) is 17.2 Å². The lowest BCUT2D eigenvalue weighted by Crippen LogP contribution is -2.49. The van der Waals surface area contributed by atoms with Crippen LogP contribution < -0.4 is 0 Å². The number of para-hydroxylation sites is 1. The Balaban J connectivity index is 0.984. The fourth-order valence-electron chi connectivity index (χ4n) is 6.33. The molecule has 6 nitrogen and oxygen atoms in total. The Kier molecular flexibility index (Phi) is 6.37. The van der Waals surface area contributed by atoms with E-state index >= 15 is 0 Å². The molecule has 37 heavy (non-hydrogen) atoms. The number of aryl methyl sites for hydroxylation is 1. The maximum absolute atomic E-state index is 13.3. The minimum Gasteiger partial charge on any atom is -0.340 e. The largest absolute Gasteiger partial charge is 0.340 e. The number of hydrogen-bond donors (Lipinski definition) is 0. The smallest absolute Gasteiger partial charge is 0.270 e. The van der Waals surface area contributed by atoms with E-state index in [9.17, 15) is 9.59 Å². The molecule has 0 N–H and O–H groups in total. The molecule has 2 aromatic carbocycles. The number of nitrogens with zero attached hydrogens (tertiary/aromatic N) is 4. The number of carbonyl (C=O) groups excluding carboxylic acids is 2. The van der Waals surface area contributed by atoms with Gasteiger partial charge < -0.3 is 14.4 Å². The van der Waals surface area contributed by atoms with Crippen LogP contribution in [0.25, 0.3) is 17.0 Å². The molecule has 3 aliphatic rings. The number of benzene rings is 2. The van der Waals surface area contributed by atoms with Crippen molar-refractivity contribution in [3.05, 3.63) is 78.0 Å². The second kappa shape index (κ2) is 9.82. The first kappa shape index (κ1) is 24.0. The summed E-state index contributed by atoms with van der Waals surface area (Å²) in [4.78, 5) is 33.1. The van der Waals surface area contributed by atoms with Gasteiger partial charge in [-0.2, -0.15) is 0 Å². The summed E-state index contributed by atoms with van der Waals surface area (Å²) in [6.07, 6.45) is 7.24. The first-order valence-corrected chi connectivity index (χ1v) is 13.6. The summed E-state index contributed by atoms with van der Waals surface area (Å²) in [5, 5.41) is 1.10. The molecule has 192 valence electrons. The van der Waals surface area contributed by atoms with E-state index in [0.29, 0.717) is 5.91 Å². The predicted octanol–water partition coefficient (Wildman–Crippen LogP) is 4.28. The van der Waals surface area contributed by atoms with E-state index in [1.807, 2.05) is 40.8 Å². The van der Waals surface area contributed by atoms with Gasteiger partial charge in [-0.3, -0.25) is 14.5 Å². The Morgan fingerprint density at radius 2 is 1.59 bits per heavy atom. The van der Waals surface area contributed by atoms with Crippen LogP contribution in [0, 0.1) is 11.3 Å². The van der Waals surface area contributed by atoms with Gasteiger partial charge in [-0.1, -0.05) is 60.7 Å². The Morgan fingerprint density at radius 1 is 0.892 bits per heavy atom. The van der Waals surface area contributed by atoms with Crippen LogP contribution in [0.3, 0.4) is 0 Å². The maximum Gasteiger partial charge on any atom is 0.270 e. The van der Waals surface area contributed by atoms with Crippen LogP contribution in [0.1, 0.15) is 35.3 Å². The first-order valence-electron chi connectivity index (χ1n) is 13.6. The quantitative estimate of drug-likeness (QED) is 0.530. The molecule has 0 bridgehead atoms. The highest BCUT2D eigenvalue weighted by Crippen LogP contribution is 2.60. The van der Waals surface area contributed by atoms with Crippen LogP contribution in [0.5, 0.6) is 0 Å². The molecule has 2 saturated heterocycles. The van der Waals surface area contributed by atoms with Gasteiger partial charge in [-0.05, 0) is 42.4 Å². The number of likely N-dealkylation sites (tertiary alicyclic amines) is 1. The van der Waals surface area contributed by atoms with Crippen LogP contribution in [-0.4, -0.2) is 76.9 Å². The number of aromatic nitrogens is 1. The minimum atomic E-state index is 0.106. The van der Waals surface area contributed by atoms with Crippen molar-refractivity contribution in [1.82, 2.24) is 19.3 Å². The summed E-state index contributed by atoms with van der Waals surface area (Å²) in [6.45, 7) is 5.89. The molecule has 0 radical (unpaired) electrons. The lowest BCUT2D eigenvalue weighted by Gasteiger charge is -2.36. The number of piperidine rings is 1. The van der Waals surface area contributed by atoms with Crippen molar-refractivity contribution in [2.75, 3.05) is 45.8 Å². The zero-order valence-corrected chi connectivity index (χ0v) is 21.7. The lowest BCUT2D eigenvalue weighted by atomic mass is 9.90. The summed E-state index contributed by atoms with van der Waals surface area (Å²) < 4.78 is 2.00. The number of amides is 2. The zero-order valence-electron chi connectivity index (χ0n) is 21.7. The molecule has 6 heteroatoms. The second-order valence-corrected chi connectivity index (χ2v) is 11.0. The summed E-state index contributed by atoms with van der Waals surface area (Å²) in [5.74, 6) is 0.592. The first-order chi connectivity index (χ1) is 18.0.